The van der Waals surface area contributed by atoms with Gasteiger partial charge in [0.05, 0.1) is 18.5 Å². The number of amides is 2. The van der Waals surface area contributed by atoms with Crippen molar-refractivity contribution in [3.63, 3.8) is 0 Å². The van der Waals surface area contributed by atoms with Gasteiger partial charge in [-0.2, -0.15) is 0 Å². The van der Waals surface area contributed by atoms with E-state index < -0.39 is 6.04 Å². The second-order valence-corrected chi connectivity index (χ2v) is 9.93. The molecule has 3 N–H and O–H groups in total. The van der Waals surface area contributed by atoms with Gasteiger partial charge in [0, 0.05) is 30.1 Å². The van der Waals surface area contributed by atoms with Gasteiger partial charge in [0.1, 0.15) is 23.6 Å². The van der Waals surface area contributed by atoms with Crippen molar-refractivity contribution in [3.05, 3.63) is 47.8 Å². The molecule has 1 aliphatic heterocycles. The van der Waals surface area contributed by atoms with Crippen LogP contribution in [0.2, 0.25) is 0 Å². The first-order chi connectivity index (χ1) is 18.4. The van der Waals surface area contributed by atoms with E-state index in [1.165, 1.54) is 0 Å². The second-order valence-electron chi connectivity index (χ2n) is 9.93. The summed E-state index contributed by atoms with van der Waals surface area (Å²) in [4.78, 5) is 36.3. The van der Waals surface area contributed by atoms with Gasteiger partial charge in [-0.15, -0.1) is 0 Å². The molecule has 204 valence electrons. The molecule has 1 unspecified atom stereocenters. The number of nitrogens with zero attached hydrogens (tertiary/aromatic N) is 2. The first kappa shape index (κ1) is 27.4. The number of likely N-dealkylation sites (tertiary alicyclic amines) is 1. The van der Waals surface area contributed by atoms with Gasteiger partial charge in [0.15, 0.2) is 0 Å². The molecule has 1 atom stereocenters. The van der Waals surface area contributed by atoms with Crippen molar-refractivity contribution in [1.82, 2.24) is 20.2 Å². The highest BCUT2D eigenvalue weighted by Gasteiger charge is 2.24. The van der Waals surface area contributed by atoms with Crippen molar-refractivity contribution in [3.8, 4) is 11.6 Å². The molecular weight excluding hydrogens is 482 g/mol. The van der Waals surface area contributed by atoms with Crippen LogP contribution >= 0.6 is 0 Å². The quantitative estimate of drug-likeness (QED) is 0.338. The predicted octanol–water partition coefficient (Wildman–Crippen LogP) is 4.67. The Kier molecular flexibility index (Phi) is 9.23. The van der Waals surface area contributed by atoms with Crippen molar-refractivity contribution in [2.45, 2.75) is 65.0 Å². The van der Waals surface area contributed by atoms with Gasteiger partial charge in [-0.25, -0.2) is 4.98 Å². The van der Waals surface area contributed by atoms with Crippen molar-refractivity contribution in [1.29, 1.82) is 0 Å². The Hall–Kier alpha value is -3.59. The molecule has 1 aliphatic rings. The van der Waals surface area contributed by atoms with Crippen LogP contribution in [0.5, 0.6) is 11.6 Å². The van der Waals surface area contributed by atoms with E-state index in [0.717, 1.165) is 61.0 Å². The summed E-state index contributed by atoms with van der Waals surface area (Å²) >= 11 is 0. The third-order valence-electron chi connectivity index (χ3n) is 6.99. The van der Waals surface area contributed by atoms with Gasteiger partial charge in [-0.3, -0.25) is 9.59 Å². The van der Waals surface area contributed by atoms with Crippen LogP contribution in [0.15, 0.2) is 36.5 Å². The number of carbonyl (C=O) groups excluding carboxylic acids is 2. The molecule has 3 heterocycles. The number of piperidine rings is 1. The number of unbranched alkanes of at least 4 members (excludes halogenated alkanes) is 1. The third-order valence-corrected chi connectivity index (χ3v) is 6.99. The number of pyridine rings is 1. The fraction of sp³-hybridized carbons (Fsp3) is 0.483. The number of nitrogens with one attached hydrogen (secondary N) is 3. The highest BCUT2D eigenvalue weighted by molar-refractivity contribution is 6.04. The molecule has 9 heteroatoms. The first-order valence-electron chi connectivity index (χ1n) is 13.6. The van der Waals surface area contributed by atoms with Crippen molar-refractivity contribution >= 4 is 28.4 Å². The predicted molar refractivity (Wildman–Crippen MR) is 149 cm³/mol. The molecule has 1 fully saturated rings. The molecule has 4 rings (SSSR count). The zero-order valence-corrected chi connectivity index (χ0v) is 22.8. The van der Waals surface area contributed by atoms with E-state index in [2.05, 4.69) is 39.5 Å². The number of H-pyrrole nitrogens is 1. The van der Waals surface area contributed by atoms with E-state index in [0.29, 0.717) is 30.3 Å². The summed E-state index contributed by atoms with van der Waals surface area (Å²) < 4.78 is 11.6. The molecule has 1 aromatic carbocycles. The number of anilines is 1. The van der Waals surface area contributed by atoms with Crippen LogP contribution in [0.4, 0.5) is 5.69 Å². The summed E-state index contributed by atoms with van der Waals surface area (Å²) in [5.41, 5.74) is 2.67. The molecule has 0 radical (unpaired) electrons. The number of benzene rings is 1. The summed E-state index contributed by atoms with van der Waals surface area (Å²) in [6, 6.07) is 8.58. The third kappa shape index (κ3) is 6.83. The minimum Gasteiger partial charge on any atom is -0.494 e. The number of aromatic nitrogens is 2. The normalized spacial score (nSPS) is 15.3. The van der Waals surface area contributed by atoms with Gasteiger partial charge >= 0.3 is 0 Å². The van der Waals surface area contributed by atoms with Crippen LogP contribution in [-0.2, 0) is 4.79 Å². The molecule has 0 bridgehead atoms. The largest absolute Gasteiger partial charge is 0.494 e. The Morgan fingerprint density at radius 3 is 2.66 bits per heavy atom. The first-order valence-corrected chi connectivity index (χ1v) is 13.6. The standard InChI is InChI=1S/C29H39N5O4/c1-5-7-8-25(33-29(36)27-19(3)23-17-22(37-6-2)10-11-24(23)32-27)28(35)31-20-9-12-26(30-18-20)38-21-13-15-34(4)16-14-21/h9-12,17-18,21,25,32H,5-8,13-16H2,1-4H3,(H,31,35)(H,33,36). The van der Waals surface area contributed by atoms with E-state index in [4.69, 9.17) is 9.47 Å². The minimum absolute atomic E-state index is 0.159. The van der Waals surface area contributed by atoms with Gasteiger partial charge in [0.25, 0.3) is 5.91 Å². The molecule has 38 heavy (non-hydrogen) atoms. The van der Waals surface area contributed by atoms with Crippen LogP contribution in [0, 0.1) is 6.92 Å². The number of ether oxygens (including phenoxy) is 2. The number of hydrogen-bond acceptors (Lipinski definition) is 6. The second kappa shape index (κ2) is 12.8. The summed E-state index contributed by atoms with van der Waals surface area (Å²) in [7, 11) is 2.11. The van der Waals surface area contributed by atoms with Gasteiger partial charge < -0.3 is 30.0 Å². The van der Waals surface area contributed by atoms with E-state index >= 15 is 0 Å². The van der Waals surface area contributed by atoms with Crippen LogP contribution in [-0.4, -0.2) is 65.6 Å². The maximum absolute atomic E-state index is 13.2. The summed E-state index contributed by atoms with van der Waals surface area (Å²) in [5, 5.41) is 6.76. The lowest BCUT2D eigenvalue weighted by Gasteiger charge is -2.28. The fourth-order valence-electron chi connectivity index (χ4n) is 4.72. The Morgan fingerprint density at radius 1 is 1.18 bits per heavy atom. The number of rotatable bonds is 11. The maximum Gasteiger partial charge on any atom is 0.268 e. The molecule has 3 aromatic rings. The van der Waals surface area contributed by atoms with Crippen molar-refractivity contribution < 1.29 is 19.1 Å². The Balaban J connectivity index is 1.40. The topological polar surface area (TPSA) is 109 Å². The number of aryl methyl sites for hydroxylation is 1. The number of aromatic amines is 1. The number of fused-ring (bicyclic) bond motifs is 1. The zero-order chi connectivity index (χ0) is 27.1. The highest BCUT2D eigenvalue weighted by Crippen LogP contribution is 2.26. The molecular formula is C29H39N5O4. The summed E-state index contributed by atoms with van der Waals surface area (Å²) in [6.45, 7) is 8.47. The Bertz CT molecular complexity index is 1230. The van der Waals surface area contributed by atoms with Crippen LogP contribution in [0.1, 0.15) is 62.0 Å². The van der Waals surface area contributed by atoms with Crippen molar-refractivity contribution in [2.75, 3.05) is 32.1 Å². The minimum atomic E-state index is -0.678. The Morgan fingerprint density at radius 2 is 1.97 bits per heavy atom. The monoisotopic (exact) mass is 521 g/mol. The Labute approximate surface area is 224 Å². The lowest BCUT2D eigenvalue weighted by Crippen LogP contribution is -2.44. The maximum atomic E-state index is 13.2. The fourth-order valence-corrected chi connectivity index (χ4v) is 4.72. The summed E-state index contributed by atoms with van der Waals surface area (Å²) in [5.74, 6) is 0.721. The number of hydrogen-bond donors (Lipinski definition) is 3. The van der Waals surface area contributed by atoms with E-state index in [9.17, 15) is 9.59 Å². The molecule has 2 aromatic heterocycles. The molecule has 0 aliphatic carbocycles. The van der Waals surface area contributed by atoms with Crippen LogP contribution in [0.3, 0.4) is 0 Å². The summed E-state index contributed by atoms with van der Waals surface area (Å²) in [6.07, 6.45) is 5.95. The average molecular weight is 522 g/mol. The van der Waals surface area contributed by atoms with Crippen LogP contribution < -0.4 is 20.1 Å². The highest BCUT2D eigenvalue weighted by atomic mass is 16.5. The van der Waals surface area contributed by atoms with E-state index in [1.54, 1.807) is 18.3 Å². The lowest BCUT2D eigenvalue weighted by molar-refractivity contribution is -0.118. The van der Waals surface area contributed by atoms with E-state index in [1.807, 2.05) is 32.0 Å². The lowest BCUT2D eigenvalue weighted by atomic mass is 10.1. The average Bonchev–Trinajstić information content (AvgIpc) is 3.25. The van der Waals surface area contributed by atoms with Gasteiger partial charge in [-0.1, -0.05) is 19.8 Å². The smallest absolute Gasteiger partial charge is 0.268 e. The molecule has 1 saturated heterocycles. The zero-order valence-electron chi connectivity index (χ0n) is 22.8. The number of carbonyl (C=O) groups is 2. The molecule has 2 amide bonds. The molecule has 0 spiro atoms. The van der Waals surface area contributed by atoms with Gasteiger partial charge in [-0.05, 0) is 70.0 Å². The van der Waals surface area contributed by atoms with Crippen LogP contribution in [0.25, 0.3) is 10.9 Å². The molecule has 0 saturated carbocycles. The van der Waals surface area contributed by atoms with E-state index in [-0.39, 0.29) is 17.9 Å². The molecule has 9 nitrogen and oxygen atoms in total. The van der Waals surface area contributed by atoms with Crippen molar-refractivity contribution in [2.24, 2.45) is 0 Å². The SMILES string of the molecule is CCCCC(NC(=O)c1[nH]c2ccc(OCC)cc2c1C)C(=O)Nc1ccc(OC2CCN(C)CC2)nc1. The van der Waals surface area contributed by atoms with Gasteiger partial charge in [0.2, 0.25) is 11.8 Å².